The molecular weight excluding hydrogens is 396 g/mol. The number of carboxylic acids is 1. The molecule has 0 spiro atoms. The Hall–Kier alpha value is -3.85. The number of amides is 1. The largest absolute Gasteiger partial charge is 0.507 e. The maximum atomic E-state index is 12.7. The first-order valence-electron chi connectivity index (χ1n) is 8.27. The molecule has 0 radical (unpaired) electrons. The van der Waals surface area contributed by atoms with E-state index in [9.17, 15) is 23.1 Å². The fourth-order valence-corrected chi connectivity index (χ4v) is 3.75. The Balaban J connectivity index is 1.90. The third-order valence-corrected chi connectivity index (χ3v) is 5.51. The third kappa shape index (κ3) is 4.36. The molecule has 9 heteroatoms. The molecule has 0 aromatic heterocycles. The summed E-state index contributed by atoms with van der Waals surface area (Å²) in [6.45, 7) is 0. The number of aromatic carboxylic acids is 1. The van der Waals surface area contributed by atoms with E-state index in [1.807, 2.05) is 0 Å². The van der Waals surface area contributed by atoms with E-state index in [1.165, 1.54) is 18.2 Å². The van der Waals surface area contributed by atoms with E-state index in [-0.39, 0.29) is 16.1 Å². The second kappa shape index (κ2) is 7.64. The van der Waals surface area contributed by atoms with Gasteiger partial charge < -0.3 is 15.9 Å². The van der Waals surface area contributed by atoms with E-state index in [2.05, 4.69) is 4.72 Å². The van der Waals surface area contributed by atoms with E-state index < -0.39 is 27.6 Å². The number of benzene rings is 3. The topological polar surface area (TPSA) is 147 Å². The summed E-state index contributed by atoms with van der Waals surface area (Å²) < 4.78 is 27.7. The third-order valence-electron chi connectivity index (χ3n) is 4.13. The molecule has 8 nitrogen and oxygen atoms in total. The quantitative estimate of drug-likeness (QED) is 0.489. The van der Waals surface area contributed by atoms with Crippen LogP contribution < -0.4 is 10.5 Å². The zero-order valence-corrected chi connectivity index (χ0v) is 15.7. The lowest BCUT2D eigenvalue weighted by atomic mass is 10.0. The van der Waals surface area contributed by atoms with Crippen molar-refractivity contribution in [3.05, 3.63) is 77.9 Å². The van der Waals surface area contributed by atoms with Crippen LogP contribution in [0.1, 0.15) is 20.7 Å². The predicted molar refractivity (Wildman–Crippen MR) is 106 cm³/mol. The van der Waals surface area contributed by atoms with Crippen molar-refractivity contribution in [1.29, 1.82) is 0 Å². The van der Waals surface area contributed by atoms with Crippen LogP contribution >= 0.6 is 0 Å². The van der Waals surface area contributed by atoms with Crippen LogP contribution in [-0.4, -0.2) is 30.5 Å². The molecule has 0 heterocycles. The van der Waals surface area contributed by atoms with Gasteiger partial charge in [0.15, 0.2) is 0 Å². The highest BCUT2D eigenvalue weighted by molar-refractivity contribution is 7.92. The average molecular weight is 412 g/mol. The minimum absolute atomic E-state index is 0.0173. The number of hydrogen-bond donors (Lipinski definition) is 4. The van der Waals surface area contributed by atoms with Gasteiger partial charge in [-0.1, -0.05) is 24.3 Å². The maximum absolute atomic E-state index is 12.7. The van der Waals surface area contributed by atoms with Gasteiger partial charge in [-0.05, 0) is 47.5 Å². The van der Waals surface area contributed by atoms with Crippen LogP contribution in [-0.2, 0) is 10.0 Å². The summed E-state index contributed by atoms with van der Waals surface area (Å²) in [5, 5.41) is 18.7. The summed E-state index contributed by atoms with van der Waals surface area (Å²) in [4.78, 5) is 22.1. The van der Waals surface area contributed by atoms with Gasteiger partial charge in [-0.2, -0.15) is 0 Å². The van der Waals surface area contributed by atoms with Gasteiger partial charge in [0.05, 0.1) is 10.6 Å². The number of carbonyl (C=O) groups is 2. The Morgan fingerprint density at radius 2 is 1.59 bits per heavy atom. The van der Waals surface area contributed by atoms with E-state index in [0.717, 1.165) is 12.1 Å². The minimum Gasteiger partial charge on any atom is -0.507 e. The molecule has 3 rings (SSSR count). The van der Waals surface area contributed by atoms with Crippen molar-refractivity contribution in [2.45, 2.75) is 4.90 Å². The SMILES string of the molecule is NC(=O)c1ccc(-c2cccc(S(=O)(=O)Nc3ccc(C(=O)O)c(O)c3)c2)cc1. The second-order valence-electron chi connectivity index (χ2n) is 6.11. The summed E-state index contributed by atoms with van der Waals surface area (Å²) >= 11 is 0. The van der Waals surface area contributed by atoms with Gasteiger partial charge in [-0.15, -0.1) is 0 Å². The molecule has 29 heavy (non-hydrogen) atoms. The van der Waals surface area contributed by atoms with Crippen molar-refractivity contribution in [3.63, 3.8) is 0 Å². The summed E-state index contributed by atoms with van der Waals surface area (Å²) in [6.07, 6.45) is 0. The zero-order valence-electron chi connectivity index (χ0n) is 14.9. The van der Waals surface area contributed by atoms with Gasteiger partial charge in [-0.3, -0.25) is 9.52 Å². The summed E-state index contributed by atoms with van der Waals surface area (Å²) in [5.41, 5.74) is 6.53. The lowest BCUT2D eigenvalue weighted by molar-refractivity contribution is 0.0693. The highest BCUT2D eigenvalue weighted by Crippen LogP contribution is 2.26. The Morgan fingerprint density at radius 3 is 2.17 bits per heavy atom. The molecule has 0 saturated heterocycles. The molecule has 0 bridgehead atoms. The number of aromatic hydroxyl groups is 1. The number of rotatable bonds is 6. The van der Waals surface area contributed by atoms with Crippen LogP contribution in [0.2, 0.25) is 0 Å². The monoisotopic (exact) mass is 412 g/mol. The number of nitrogens with two attached hydrogens (primary N) is 1. The van der Waals surface area contributed by atoms with Crippen molar-refractivity contribution < 1.29 is 28.2 Å². The van der Waals surface area contributed by atoms with Crippen molar-refractivity contribution in [3.8, 4) is 16.9 Å². The molecular formula is C20H16N2O6S. The van der Waals surface area contributed by atoms with E-state index in [0.29, 0.717) is 16.7 Å². The molecule has 0 aliphatic heterocycles. The Labute approximate surface area is 166 Å². The standard InChI is InChI=1S/C20H16N2O6S/c21-19(24)13-6-4-12(5-7-13)14-2-1-3-16(10-14)29(27,28)22-15-8-9-17(20(25)26)18(23)11-15/h1-11,22-23H,(H2,21,24)(H,25,26). The Morgan fingerprint density at radius 1 is 0.897 bits per heavy atom. The smallest absolute Gasteiger partial charge is 0.339 e. The van der Waals surface area contributed by atoms with E-state index in [4.69, 9.17) is 10.8 Å². The first-order chi connectivity index (χ1) is 13.7. The van der Waals surface area contributed by atoms with E-state index in [1.54, 1.807) is 36.4 Å². The van der Waals surface area contributed by atoms with Crippen LogP contribution in [0, 0.1) is 0 Å². The molecule has 0 saturated carbocycles. The molecule has 3 aromatic carbocycles. The molecule has 1 amide bonds. The maximum Gasteiger partial charge on any atom is 0.339 e. The van der Waals surface area contributed by atoms with Crippen molar-refractivity contribution in [1.82, 2.24) is 0 Å². The Kier molecular flexibility index (Phi) is 5.24. The number of phenols is 1. The number of carbonyl (C=O) groups excluding carboxylic acids is 1. The van der Waals surface area contributed by atoms with Crippen LogP contribution in [0.4, 0.5) is 5.69 Å². The summed E-state index contributed by atoms with van der Waals surface area (Å²) in [5.74, 6) is -2.44. The van der Waals surface area contributed by atoms with E-state index >= 15 is 0 Å². The highest BCUT2D eigenvalue weighted by atomic mass is 32.2. The van der Waals surface area contributed by atoms with Gasteiger partial charge in [0.1, 0.15) is 11.3 Å². The highest BCUT2D eigenvalue weighted by Gasteiger charge is 2.17. The molecule has 148 valence electrons. The lowest BCUT2D eigenvalue weighted by Crippen LogP contribution is -2.13. The summed E-state index contributed by atoms with van der Waals surface area (Å²) in [7, 11) is -4.00. The van der Waals surface area contributed by atoms with Gasteiger partial charge in [-0.25, -0.2) is 13.2 Å². The fraction of sp³-hybridized carbons (Fsp3) is 0. The van der Waals surface area contributed by atoms with Crippen LogP contribution in [0.25, 0.3) is 11.1 Å². The fourth-order valence-electron chi connectivity index (χ4n) is 2.66. The van der Waals surface area contributed by atoms with Crippen LogP contribution in [0.3, 0.4) is 0 Å². The number of hydrogen-bond acceptors (Lipinski definition) is 5. The Bertz CT molecular complexity index is 1200. The lowest BCUT2D eigenvalue weighted by Gasteiger charge is -2.11. The minimum atomic E-state index is -4.00. The molecule has 3 aromatic rings. The van der Waals surface area contributed by atoms with Crippen molar-refractivity contribution in [2.75, 3.05) is 4.72 Å². The molecule has 0 unspecified atom stereocenters. The second-order valence-corrected chi connectivity index (χ2v) is 7.79. The number of primary amides is 1. The predicted octanol–water partition coefficient (Wildman–Crippen LogP) is 2.66. The van der Waals surface area contributed by atoms with Crippen molar-refractivity contribution in [2.24, 2.45) is 5.73 Å². The summed E-state index contributed by atoms with van der Waals surface area (Å²) in [6, 6.07) is 15.9. The van der Waals surface area contributed by atoms with Gasteiger partial charge in [0.2, 0.25) is 5.91 Å². The van der Waals surface area contributed by atoms with Crippen LogP contribution in [0.5, 0.6) is 5.75 Å². The average Bonchev–Trinajstić information content (AvgIpc) is 2.67. The van der Waals surface area contributed by atoms with Gasteiger partial charge in [0.25, 0.3) is 10.0 Å². The number of nitrogens with one attached hydrogen (secondary N) is 1. The molecule has 0 aliphatic rings. The van der Waals surface area contributed by atoms with Gasteiger partial charge in [0, 0.05) is 11.6 Å². The zero-order chi connectivity index (χ0) is 21.2. The number of sulfonamides is 1. The van der Waals surface area contributed by atoms with Crippen molar-refractivity contribution >= 4 is 27.6 Å². The molecule has 0 fully saturated rings. The number of carboxylic acid groups (broad SMARTS) is 1. The van der Waals surface area contributed by atoms with Crippen LogP contribution in [0.15, 0.2) is 71.6 Å². The molecule has 0 atom stereocenters. The first-order valence-corrected chi connectivity index (χ1v) is 9.75. The van der Waals surface area contributed by atoms with Gasteiger partial charge >= 0.3 is 5.97 Å². The normalized spacial score (nSPS) is 11.0. The molecule has 5 N–H and O–H groups in total. The number of anilines is 1. The molecule has 0 aliphatic carbocycles. The first kappa shape index (κ1) is 19.9.